The van der Waals surface area contributed by atoms with Crippen LogP contribution in [0.3, 0.4) is 0 Å². The van der Waals surface area contributed by atoms with Crippen molar-refractivity contribution in [2.24, 2.45) is 5.73 Å². The number of carbonyl (C=O) groups excluding carboxylic acids is 1. The minimum atomic E-state index is -0.714. The summed E-state index contributed by atoms with van der Waals surface area (Å²) in [6, 6.07) is 18.6. The van der Waals surface area contributed by atoms with E-state index in [-0.39, 0.29) is 5.91 Å². The molecule has 7 heteroatoms. The first-order valence-corrected chi connectivity index (χ1v) is 8.59. The van der Waals surface area contributed by atoms with E-state index in [2.05, 4.69) is 10.3 Å². The van der Waals surface area contributed by atoms with Crippen LogP contribution in [-0.4, -0.2) is 16.9 Å². The number of nitrogens with zero attached hydrogens (tertiary/aromatic N) is 2. The molecule has 1 aromatic heterocycles. The number of nitrogens with two attached hydrogens (primary N) is 2. The highest BCUT2D eigenvalue weighted by Crippen LogP contribution is 2.24. The summed E-state index contributed by atoms with van der Waals surface area (Å²) >= 11 is 0. The second kappa shape index (κ2) is 8.66. The van der Waals surface area contributed by atoms with Gasteiger partial charge in [0.1, 0.15) is 5.75 Å². The summed E-state index contributed by atoms with van der Waals surface area (Å²) in [5.74, 6) is 0.629. The average molecular weight is 373 g/mol. The molecule has 0 aliphatic carbocycles. The molecule has 0 radical (unpaired) electrons. The van der Waals surface area contributed by atoms with Crippen molar-refractivity contribution in [3.63, 3.8) is 0 Å². The molecule has 1 atom stereocenters. The molecule has 140 valence electrons. The highest BCUT2D eigenvalue weighted by molar-refractivity contribution is 5.94. The number of ether oxygens (including phenoxy) is 1. The Kier molecular flexibility index (Phi) is 5.84. The zero-order chi connectivity index (χ0) is 19.9. The number of hydrogen-bond donors (Lipinski definition) is 3. The highest BCUT2D eigenvalue weighted by atomic mass is 16.5. The van der Waals surface area contributed by atoms with Gasteiger partial charge in [0.15, 0.2) is 0 Å². The fourth-order valence-corrected chi connectivity index (χ4v) is 2.50. The first-order chi connectivity index (χ1) is 13.5. The minimum Gasteiger partial charge on any atom is -0.437 e. The number of nitrogen functional groups attached to an aromatic ring is 1. The molecule has 0 fully saturated rings. The predicted octanol–water partition coefficient (Wildman–Crippen LogP) is 2.84. The Bertz CT molecular complexity index is 995. The Morgan fingerprint density at radius 3 is 2.50 bits per heavy atom. The van der Waals surface area contributed by atoms with Gasteiger partial charge in [-0.3, -0.25) is 4.79 Å². The van der Waals surface area contributed by atoms with Gasteiger partial charge in [-0.05, 0) is 60.5 Å². The second-order valence-electron chi connectivity index (χ2n) is 6.13. The molecule has 7 nitrogen and oxygen atoms in total. The number of anilines is 2. The number of pyridine rings is 1. The van der Waals surface area contributed by atoms with Crippen molar-refractivity contribution in [2.45, 2.75) is 12.5 Å². The fourth-order valence-electron chi connectivity index (χ4n) is 2.50. The van der Waals surface area contributed by atoms with Gasteiger partial charge in [0, 0.05) is 11.9 Å². The summed E-state index contributed by atoms with van der Waals surface area (Å²) in [6.45, 7) is 0. The molecular formula is C21H19N5O2. The molecule has 1 heterocycles. The van der Waals surface area contributed by atoms with Crippen molar-refractivity contribution in [2.75, 3.05) is 11.1 Å². The zero-order valence-corrected chi connectivity index (χ0v) is 15.0. The average Bonchev–Trinajstić information content (AvgIpc) is 2.71. The number of aromatic nitrogens is 1. The van der Waals surface area contributed by atoms with Crippen LogP contribution in [0.2, 0.25) is 0 Å². The van der Waals surface area contributed by atoms with Crippen LogP contribution in [0.4, 0.5) is 11.4 Å². The molecule has 0 aliphatic rings. The third-order valence-electron chi connectivity index (χ3n) is 4.01. The van der Waals surface area contributed by atoms with Crippen molar-refractivity contribution in [1.29, 1.82) is 5.26 Å². The van der Waals surface area contributed by atoms with E-state index in [0.29, 0.717) is 35.0 Å². The number of nitrogens with one attached hydrogen (secondary N) is 1. The SMILES string of the molecule is N#Cc1ccc(NC(=O)[C@@H](N)Cc2ccc(Oc3ncccc3N)cc2)cc1. The van der Waals surface area contributed by atoms with Gasteiger partial charge in [-0.1, -0.05) is 12.1 Å². The predicted molar refractivity (Wildman–Crippen MR) is 107 cm³/mol. The molecule has 3 rings (SSSR count). The minimum absolute atomic E-state index is 0.300. The maximum Gasteiger partial charge on any atom is 0.242 e. The van der Waals surface area contributed by atoms with Crippen LogP contribution in [-0.2, 0) is 11.2 Å². The van der Waals surface area contributed by atoms with Crippen LogP contribution in [0.1, 0.15) is 11.1 Å². The van der Waals surface area contributed by atoms with Crippen LogP contribution in [0.5, 0.6) is 11.6 Å². The first-order valence-electron chi connectivity index (χ1n) is 8.59. The summed E-state index contributed by atoms with van der Waals surface area (Å²) in [4.78, 5) is 16.3. The first kappa shape index (κ1) is 18.9. The standard InChI is InChI=1S/C21H19N5O2/c22-13-15-3-7-16(8-4-15)26-20(27)19(24)12-14-5-9-17(10-6-14)28-21-18(23)2-1-11-25-21/h1-11,19H,12,23-24H2,(H,26,27)/t19-/m0/s1. The maximum absolute atomic E-state index is 12.3. The molecule has 0 bridgehead atoms. The van der Waals surface area contributed by atoms with Crippen LogP contribution in [0, 0.1) is 11.3 Å². The van der Waals surface area contributed by atoms with E-state index in [1.54, 1.807) is 54.7 Å². The number of rotatable bonds is 6. The van der Waals surface area contributed by atoms with E-state index in [9.17, 15) is 4.79 Å². The lowest BCUT2D eigenvalue weighted by Gasteiger charge is -2.13. The molecule has 3 aromatic rings. The number of hydrogen-bond acceptors (Lipinski definition) is 6. The molecular weight excluding hydrogens is 354 g/mol. The van der Waals surface area contributed by atoms with E-state index < -0.39 is 6.04 Å². The van der Waals surface area contributed by atoms with Crippen molar-refractivity contribution in [1.82, 2.24) is 4.98 Å². The third-order valence-corrected chi connectivity index (χ3v) is 4.01. The molecule has 0 unspecified atom stereocenters. The fraction of sp³-hybridized carbons (Fsp3) is 0.0952. The molecule has 1 amide bonds. The number of nitriles is 1. The smallest absolute Gasteiger partial charge is 0.242 e. The normalized spacial score (nSPS) is 11.3. The molecule has 2 aromatic carbocycles. The summed E-state index contributed by atoms with van der Waals surface area (Å²) in [5, 5.41) is 11.5. The lowest BCUT2D eigenvalue weighted by atomic mass is 10.1. The molecule has 0 aliphatic heterocycles. The second-order valence-corrected chi connectivity index (χ2v) is 6.13. The maximum atomic E-state index is 12.3. The van der Waals surface area contributed by atoms with Gasteiger partial charge in [-0.2, -0.15) is 5.26 Å². The quantitative estimate of drug-likeness (QED) is 0.610. The highest BCUT2D eigenvalue weighted by Gasteiger charge is 2.14. The van der Waals surface area contributed by atoms with Gasteiger partial charge in [0.2, 0.25) is 11.8 Å². The summed E-state index contributed by atoms with van der Waals surface area (Å²) < 4.78 is 5.64. The van der Waals surface area contributed by atoms with Crippen molar-refractivity contribution >= 4 is 17.3 Å². The Labute approximate surface area is 162 Å². The monoisotopic (exact) mass is 373 g/mol. The largest absolute Gasteiger partial charge is 0.437 e. The van der Waals surface area contributed by atoms with Crippen molar-refractivity contribution in [3.8, 4) is 17.7 Å². The number of benzene rings is 2. The van der Waals surface area contributed by atoms with Crippen molar-refractivity contribution < 1.29 is 9.53 Å². The topological polar surface area (TPSA) is 127 Å². The Morgan fingerprint density at radius 1 is 1.14 bits per heavy atom. The van der Waals surface area contributed by atoms with Gasteiger partial charge < -0.3 is 21.5 Å². The molecule has 0 spiro atoms. The lowest BCUT2D eigenvalue weighted by molar-refractivity contribution is -0.117. The van der Waals surface area contributed by atoms with Crippen LogP contribution >= 0.6 is 0 Å². The van der Waals surface area contributed by atoms with Crippen LogP contribution in [0.25, 0.3) is 0 Å². The Morgan fingerprint density at radius 2 is 1.86 bits per heavy atom. The lowest BCUT2D eigenvalue weighted by Crippen LogP contribution is -2.37. The van der Waals surface area contributed by atoms with Gasteiger partial charge in [0.25, 0.3) is 0 Å². The van der Waals surface area contributed by atoms with Crippen molar-refractivity contribution in [3.05, 3.63) is 78.0 Å². The molecule has 0 saturated carbocycles. The Hall–Kier alpha value is -3.89. The van der Waals surface area contributed by atoms with E-state index >= 15 is 0 Å². The van der Waals surface area contributed by atoms with Crippen LogP contribution in [0.15, 0.2) is 66.9 Å². The zero-order valence-electron chi connectivity index (χ0n) is 15.0. The molecule has 28 heavy (non-hydrogen) atoms. The van der Waals surface area contributed by atoms with Gasteiger partial charge in [-0.25, -0.2) is 4.98 Å². The van der Waals surface area contributed by atoms with Gasteiger partial charge in [-0.15, -0.1) is 0 Å². The van der Waals surface area contributed by atoms with E-state index in [0.717, 1.165) is 5.56 Å². The van der Waals surface area contributed by atoms with E-state index in [4.69, 9.17) is 21.5 Å². The number of amides is 1. The number of carbonyl (C=O) groups is 1. The molecule has 0 saturated heterocycles. The summed E-state index contributed by atoms with van der Waals surface area (Å²) in [7, 11) is 0. The van der Waals surface area contributed by atoms with Crippen LogP contribution < -0.4 is 21.5 Å². The van der Waals surface area contributed by atoms with E-state index in [1.165, 1.54) is 0 Å². The van der Waals surface area contributed by atoms with Gasteiger partial charge >= 0.3 is 0 Å². The summed E-state index contributed by atoms with van der Waals surface area (Å²) in [5.41, 5.74) is 14.3. The summed E-state index contributed by atoms with van der Waals surface area (Å²) in [6.07, 6.45) is 1.97. The van der Waals surface area contributed by atoms with Gasteiger partial charge in [0.05, 0.1) is 23.4 Å². The third kappa shape index (κ3) is 4.84. The molecule has 5 N–H and O–H groups in total. The Balaban J connectivity index is 1.57. The van der Waals surface area contributed by atoms with E-state index in [1.807, 2.05) is 18.2 Å².